The van der Waals surface area contributed by atoms with E-state index in [0.717, 1.165) is 0 Å². The molecule has 12 heavy (non-hydrogen) atoms. The van der Waals surface area contributed by atoms with Crippen molar-refractivity contribution in [2.75, 3.05) is 6.54 Å². The van der Waals surface area contributed by atoms with Gasteiger partial charge in [-0.15, -0.1) is 0 Å². The van der Waals surface area contributed by atoms with E-state index in [0.29, 0.717) is 18.8 Å². The van der Waals surface area contributed by atoms with Crippen LogP contribution in [0.15, 0.2) is 10.9 Å². The minimum atomic E-state index is -0.109. The third-order valence-electron chi connectivity index (χ3n) is 1.22. The summed E-state index contributed by atoms with van der Waals surface area (Å²) in [4.78, 5) is 14.6. The number of hydrogen-bond acceptors (Lipinski definition) is 5. The van der Waals surface area contributed by atoms with Crippen molar-refractivity contribution in [1.82, 2.24) is 15.5 Å². The van der Waals surface area contributed by atoms with E-state index in [1.54, 1.807) is 0 Å². The van der Waals surface area contributed by atoms with Gasteiger partial charge in [-0.25, -0.2) is 0 Å². The Hall–Kier alpha value is -1.43. The molecule has 66 valence electrons. The molecule has 0 aromatic carbocycles. The lowest BCUT2D eigenvalue weighted by Crippen LogP contribution is -2.25. The number of rotatable bonds is 4. The molecule has 1 heterocycles. The predicted octanol–water partition coefficient (Wildman–Crippen LogP) is -0.965. The van der Waals surface area contributed by atoms with E-state index in [1.807, 2.05) is 0 Å². The first kappa shape index (κ1) is 8.66. The van der Waals surface area contributed by atoms with Crippen molar-refractivity contribution in [3.63, 3.8) is 0 Å². The summed E-state index contributed by atoms with van der Waals surface area (Å²) in [6.45, 7) is 0.632. The molecule has 0 saturated heterocycles. The molecule has 3 N–H and O–H groups in total. The molecule has 0 aliphatic rings. The fourth-order valence-corrected chi connectivity index (χ4v) is 0.667. The largest absolute Gasteiger partial charge is 0.349 e. The minimum Gasteiger partial charge on any atom is -0.349 e. The molecule has 0 aliphatic carbocycles. The van der Waals surface area contributed by atoms with Gasteiger partial charge in [0.25, 0.3) is 0 Å². The fraction of sp³-hybridized carbons (Fsp3) is 0.500. The molecule has 0 saturated carbocycles. The lowest BCUT2D eigenvalue weighted by Gasteiger charge is -1.98. The Morgan fingerprint density at radius 1 is 1.75 bits per heavy atom. The van der Waals surface area contributed by atoms with Gasteiger partial charge in [-0.1, -0.05) is 5.16 Å². The molecule has 0 fully saturated rings. The second-order valence-corrected chi connectivity index (χ2v) is 2.16. The van der Waals surface area contributed by atoms with E-state index >= 15 is 0 Å². The van der Waals surface area contributed by atoms with Crippen molar-refractivity contribution in [2.24, 2.45) is 5.73 Å². The fourth-order valence-electron chi connectivity index (χ4n) is 0.667. The third kappa shape index (κ3) is 2.67. The van der Waals surface area contributed by atoms with Crippen LogP contribution in [-0.4, -0.2) is 22.6 Å². The number of amides is 1. The molecule has 1 aromatic heterocycles. The number of hydrogen-bond donors (Lipinski definition) is 2. The van der Waals surface area contributed by atoms with Gasteiger partial charge >= 0.3 is 0 Å². The summed E-state index contributed by atoms with van der Waals surface area (Å²) >= 11 is 0. The van der Waals surface area contributed by atoms with Crippen LogP contribution in [-0.2, 0) is 11.3 Å². The van der Waals surface area contributed by atoms with Gasteiger partial charge in [-0.05, 0) is 0 Å². The van der Waals surface area contributed by atoms with Crippen LogP contribution in [0.1, 0.15) is 12.2 Å². The van der Waals surface area contributed by atoms with Crippen molar-refractivity contribution in [2.45, 2.75) is 13.0 Å². The summed E-state index contributed by atoms with van der Waals surface area (Å²) in [6, 6.07) is 0. The second kappa shape index (κ2) is 4.45. The number of carbonyl (C=O) groups is 1. The molecule has 0 spiro atoms. The van der Waals surface area contributed by atoms with Crippen LogP contribution in [0.3, 0.4) is 0 Å². The minimum absolute atomic E-state index is 0.109. The Labute approximate surface area is 69.1 Å². The van der Waals surface area contributed by atoms with Gasteiger partial charge < -0.3 is 15.6 Å². The molecule has 0 unspecified atom stereocenters. The summed E-state index contributed by atoms with van der Waals surface area (Å²) in [5.41, 5.74) is 5.17. The molecule has 6 heteroatoms. The topological polar surface area (TPSA) is 94.0 Å². The Morgan fingerprint density at radius 3 is 3.17 bits per heavy atom. The van der Waals surface area contributed by atoms with Crippen molar-refractivity contribution in [3.05, 3.63) is 12.2 Å². The van der Waals surface area contributed by atoms with Crippen molar-refractivity contribution >= 4 is 5.91 Å². The summed E-state index contributed by atoms with van der Waals surface area (Å²) in [5, 5.41) is 6.10. The van der Waals surface area contributed by atoms with Crippen LogP contribution in [0.4, 0.5) is 0 Å². The Balaban J connectivity index is 2.22. The first-order valence-electron chi connectivity index (χ1n) is 3.55. The highest BCUT2D eigenvalue weighted by atomic mass is 16.5. The molecular weight excluding hydrogens is 160 g/mol. The summed E-state index contributed by atoms with van der Waals surface area (Å²) in [5.74, 6) is 0.350. The summed E-state index contributed by atoms with van der Waals surface area (Å²) < 4.78 is 4.47. The first-order valence-corrected chi connectivity index (χ1v) is 3.55. The number of nitrogens with zero attached hydrogens (tertiary/aromatic N) is 2. The molecule has 1 amide bonds. The van der Waals surface area contributed by atoms with Gasteiger partial charge in [0, 0.05) is 13.0 Å². The third-order valence-corrected chi connectivity index (χ3v) is 1.22. The molecule has 0 atom stereocenters. The molecule has 1 rings (SSSR count). The smallest absolute Gasteiger partial charge is 0.221 e. The van der Waals surface area contributed by atoms with E-state index in [-0.39, 0.29) is 12.5 Å². The number of aromatic nitrogens is 2. The van der Waals surface area contributed by atoms with Crippen LogP contribution in [0.2, 0.25) is 0 Å². The van der Waals surface area contributed by atoms with Crippen LogP contribution in [0.25, 0.3) is 0 Å². The zero-order valence-electron chi connectivity index (χ0n) is 6.49. The van der Waals surface area contributed by atoms with Gasteiger partial charge in [0.2, 0.25) is 12.3 Å². The summed E-state index contributed by atoms with van der Waals surface area (Å²) in [7, 11) is 0. The van der Waals surface area contributed by atoms with Crippen LogP contribution >= 0.6 is 0 Å². The highest BCUT2D eigenvalue weighted by Gasteiger charge is 2.01. The van der Waals surface area contributed by atoms with Crippen molar-refractivity contribution in [3.8, 4) is 0 Å². The molecule has 6 nitrogen and oxygen atoms in total. The molecule has 1 aromatic rings. The SMILES string of the molecule is NCCC(=O)NCc1ncon1. The Bertz CT molecular complexity index is 234. The Kier molecular flexibility index (Phi) is 3.21. The van der Waals surface area contributed by atoms with E-state index < -0.39 is 0 Å². The highest BCUT2D eigenvalue weighted by molar-refractivity contribution is 5.75. The maximum Gasteiger partial charge on any atom is 0.221 e. The zero-order valence-corrected chi connectivity index (χ0v) is 6.49. The zero-order chi connectivity index (χ0) is 8.81. The monoisotopic (exact) mass is 170 g/mol. The standard InChI is InChI=1S/C6H10N4O2/c7-2-1-6(11)8-3-5-9-4-12-10-5/h4H,1-3,7H2,(H,8,11). The normalized spacial score (nSPS) is 9.75. The van der Waals surface area contributed by atoms with Gasteiger partial charge in [0.1, 0.15) is 0 Å². The van der Waals surface area contributed by atoms with Gasteiger partial charge in [0.15, 0.2) is 5.82 Å². The van der Waals surface area contributed by atoms with E-state index in [4.69, 9.17) is 5.73 Å². The van der Waals surface area contributed by atoms with Gasteiger partial charge in [-0.3, -0.25) is 4.79 Å². The maximum absolute atomic E-state index is 10.9. The molecular formula is C6H10N4O2. The molecule has 0 radical (unpaired) electrons. The quantitative estimate of drug-likeness (QED) is 0.606. The number of carbonyl (C=O) groups excluding carboxylic acids is 1. The average Bonchev–Trinajstić information content (AvgIpc) is 2.53. The van der Waals surface area contributed by atoms with Crippen LogP contribution < -0.4 is 11.1 Å². The van der Waals surface area contributed by atoms with Crippen molar-refractivity contribution < 1.29 is 9.32 Å². The molecule has 0 aliphatic heterocycles. The summed E-state index contributed by atoms with van der Waals surface area (Å²) in [6.07, 6.45) is 1.53. The predicted molar refractivity (Wildman–Crippen MR) is 39.8 cm³/mol. The van der Waals surface area contributed by atoms with E-state index in [1.165, 1.54) is 6.39 Å². The molecule has 0 bridgehead atoms. The number of nitrogens with two attached hydrogens (primary N) is 1. The number of nitrogens with one attached hydrogen (secondary N) is 1. The first-order chi connectivity index (χ1) is 5.83. The lowest BCUT2D eigenvalue weighted by molar-refractivity contribution is -0.121. The van der Waals surface area contributed by atoms with Crippen LogP contribution in [0, 0.1) is 0 Å². The lowest BCUT2D eigenvalue weighted by atomic mass is 10.4. The second-order valence-electron chi connectivity index (χ2n) is 2.16. The Morgan fingerprint density at radius 2 is 2.58 bits per heavy atom. The highest BCUT2D eigenvalue weighted by Crippen LogP contribution is 1.86. The van der Waals surface area contributed by atoms with E-state index in [2.05, 4.69) is 20.0 Å². The van der Waals surface area contributed by atoms with E-state index in [9.17, 15) is 4.79 Å². The van der Waals surface area contributed by atoms with Gasteiger partial charge in [0.05, 0.1) is 6.54 Å². The van der Waals surface area contributed by atoms with Crippen LogP contribution in [0.5, 0.6) is 0 Å². The van der Waals surface area contributed by atoms with Crippen molar-refractivity contribution in [1.29, 1.82) is 0 Å². The maximum atomic E-state index is 10.9. The average molecular weight is 170 g/mol. The van der Waals surface area contributed by atoms with Gasteiger partial charge in [-0.2, -0.15) is 4.98 Å².